The molecule has 0 radical (unpaired) electrons. The molecule has 0 aromatic carbocycles. The van der Waals surface area contributed by atoms with Gasteiger partial charge < -0.3 is 26.3 Å². The van der Waals surface area contributed by atoms with Gasteiger partial charge in [-0.15, -0.1) is 11.3 Å². The van der Waals surface area contributed by atoms with Crippen LogP contribution in [-0.4, -0.2) is 57.3 Å². The smallest absolute Gasteiger partial charge is 0.261 e. The van der Waals surface area contributed by atoms with Crippen LogP contribution in [0.15, 0.2) is 0 Å². The summed E-state index contributed by atoms with van der Waals surface area (Å²) in [6.45, 7) is 5.09. The van der Waals surface area contributed by atoms with Gasteiger partial charge in [0.15, 0.2) is 5.75 Å². The number of morpholine rings is 1. The molecule has 0 spiro atoms. The van der Waals surface area contributed by atoms with Crippen LogP contribution < -0.4 is 21.5 Å². The van der Waals surface area contributed by atoms with Crippen molar-refractivity contribution in [3.63, 3.8) is 0 Å². The van der Waals surface area contributed by atoms with Crippen LogP contribution >= 0.6 is 11.3 Å². The normalized spacial score (nSPS) is 16.1. The summed E-state index contributed by atoms with van der Waals surface area (Å²) in [5, 5.41) is 3.99. The van der Waals surface area contributed by atoms with Gasteiger partial charge in [-0.2, -0.15) is 0 Å². The minimum Gasteiger partial charge on any atom is -0.492 e. The summed E-state index contributed by atoms with van der Waals surface area (Å²) < 4.78 is 10.5. The van der Waals surface area contributed by atoms with Crippen molar-refractivity contribution in [2.45, 2.75) is 0 Å². The highest BCUT2D eigenvalue weighted by molar-refractivity contribution is 7.19. The van der Waals surface area contributed by atoms with Gasteiger partial charge in [-0.05, 0) is 0 Å². The number of methoxy groups -OCH3 is 1. The van der Waals surface area contributed by atoms with Crippen LogP contribution in [0.5, 0.6) is 5.75 Å². The molecule has 1 aromatic rings. The second-order valence-electron chi connectivity index (χ2n) is 4.45. The molecule has 0 saturated carbocycles. The summed E-state index contributed by atoms with van der Waals surface area (Å²) >= 11 is 1.23. The summed E-state index contributed by atoms with van der Waals surface area (Å²) in [5.41, 5.74) is 11.4. The zero-order valence-electron chi connectivity index (χ0n) is 11.5. The van der Waals surface area contributed by atoms with E-state index in [1.807, 2.05) is 0 Å². The molecule has 0 atom stereocenters. The van der Waals surface area contributed by atoms with E-state index >= 15 is 0 Å². The quantitative estimate of drug-likeness (QED) is 0.692. The highest BCUT2D eigenvalue weighted by Crippen LogP contribution is 2.41. The number of nitrogens with two attached hydrogens (primary N) is 2. The molecule has 2 heterocycles. The predicted molar refractivity (Wildman–Crippen MR) is 79.6 cm³/mol. The zero-order chi connectivity index (χ0) is 14.5. The molecule has 1 aliphatic rings. The minimum absolute atomic E-state index is 0.305. The van der Waals surface area contributed by atoms with Crippen LogP contribution in [0, 0.1) is 0 Å². The number of primary amides is 1. The Morgan fingerprint density at radius 2 is 2.20 bits per heavy atom. The number of rotatable bonds is 6. The average molecular weight is 300 g/mol. The molecule has 8 heteroatoms. The third-order valence-electron chi connectivity index (χ3n) is 3.14. The van der Waals surface area contributed by atoms with E-state index in [2.05, 4.69) is 10.2 Å². The van der Waals surface area contributed by atoms with Crippen molar-refractivity contribution in [1.29, 1.82) is 0 Å². The highest BCUT2D eigenvalue weighted by Gasteiger charge is 2.20. The first kappa shape index (κ1) is 14.9. The van der Waals surface area contributed by atoms with E-state index in [0.29, 0.717) is 16.3 Å². The minimum atomic E-state index is -0.535. The average Bonchev–Trinajstić information content (AvgIpc) is 2.76. The number of carbonyl (C=O) groups is 1. The number of hydrogen-bond acceptors (Lipinski definition) is 7. The topological polar surface area (TPSA) is 103 Å². The molecule has 2 rings (SSSR count). The molecule has 0 unspecified atom stereocenters. The fourth-order valence-electron chi connectivity index (χ4n) is 2.08. The third-order valence-corrected chi connectivity index (χ3v) is 4.30. The number of nitrogen functional groups attached to an aromatic ring is 1. The number of hydrogen-bond donors (Lipinski definition) is 3. The van der Waals surface area contributed by atoms with Gasteiger partial charge in [0.25, 0.3) is 5.91 Å². The molecular formula is C12H20N4O3S. The first-order chi connectivity index (χ1) is 9.63. The Morgan fingerprint density at radius 3 is 2.80 bits per heavy atom. The number of amides is 1. The van der Waals surface area contributed by atoms with Crippen molar-refractivity contribution in [3.8, 4) is 5.75 Å². The van der Waals surface area contributed by atoms with E-state index < -0.39 is 5.91 Å². The van der Waals surface area contributed by atoms with Gasteiger partial charge in [0.2, 0.25) is 0 Å². The SMILES string of the molecule is COc1c(NCCN2CCOCC2)sc(C(N)=O)c1N. The van der Waals surface area contributed by atoms with Gasteiger partial charge in [-0.1, -0.05) is 0 Å². The van der Waals surface area contributed by atoms with Gasteiger partial charge in [0.1, 0.15) is 15.6 Å². The number of thiophene rings is 1. The Kier molecular flexibility index (Phi) is 5.05. The lowest BCUT2D eigenvalue weighted by Gasteiger charge is -2.26. The number of nitrogens with one attached hydrogen (secondary N) is 1. The van der Waals surface area contributed by atoms with E-state index in [1.54, 1.807) is 0 Å². The molecule has 1 aromatic heterocycles. The van der Waals surface area contributed by atoms with E-state index in [9.17, 15) is 4.79 Å². The van der Waals surface area contributed by atoms with Crippen molar-refractivity contribution in [3.05, 3.63) is 4.88 Å². The Bertz CT molecular complexity index is 472. The molecule has 1 fully saturated rings. The lowest BCUT2D eigenvalue weighted by molar-refractivity contribution is 0.0398. The van der Waals surface area contributed by atoms with Crippen LogP contribution in [0.25, 0.3) is 0 Å². The van der Waals surface area contributed by atoms with Crippen molar-refractivity contribution in [2.75, 3.05) is 57.6 Å². The summed E-state index contributed by atoms with van der Waals surface area (Å²) in [6.07, 6.45) is 0. The van der Waals surface area contributed by atoms with Gasteiger partial charge in [0, 0.05) is 26.2 Å². The molecule has 0 aliphatic carbocycles. The monoisotopic (exact) mass is 300 g/mol. The summed E-state index contributed by atoms with van der Waals surface area (Å²) in [4.78, 5) is 13.9. The Balaban J connectivity index is 1.94. The highest BCUT2D eigenvalue weighted by atomic mass is 32.1. The van der Waals surface area contributed by atoms with Crippen LogP contribution in [0.3, 0.4) is 0 Å². The number of anilines is 2. The van der Waals surface area contributed by atoms with Gasteiger partial charge in [-0.25, -0.2) is 0 Å². The van der Waals surface area contributed by atoms with E-state index in [1.165, 1.54) is 18.4 Å². The van der Waals surface area contributed by atoms with Crippen LogP contribution in [0.1, 0.15) is 9.67 Å². The number of ether oxygens (including phenoxy) is 2. The third kappa shape index (κ3) is 3.33. The molecule has 0 bridgehead atoms. The molecule has 1 amide bonds. The number of carbonyl (C=O) groups excluding carboxylic acids is 1. The largest absolute Gasteiger partial charge is 0.492 e. The van der Waals surface area contributed by atoms with Gasteiger partial charge in [0.05, 0.1) is 20.3 Å². The Morgan fingerprint density at radius 1 is 1.50 bits per heavy atom. The molecule has 112 valence electrons. The van der Waals surface area contributed by atoms with E-state index in [0.717, 1.165) is 44.4 Å². The van der Waals surface area contributed by atoms with Crippen molar-refractivity contribution >= 4 is 27.9 Å². The Hall–Kier alpha value is -1.51. The lowest BCUT2D eigenvalue weighted by atomic mass is 10.3. The Labute approximate surface area is 121 Å². The van der Waals surface area contributed by atoms with Crippen molar-refractivity contribution in [2.24, 2.45) is 5.73 Å². The fourth-order valence-corrected chi connectivity index (χ4v) is 3.05. The standard InChI is InChI=1S/C12H20N4O3S/c1-18-9-8(13)10(11(14)17)20-12(9)15-2-3-16-4-6-19-7-5-16/h15H,2-7,13H2,1H3,(H2,14,17). The molecule has 7 nitrogen and oxygen atoms in total. The molecular weight excluding hydrogens is 280 g/mol. The van der Waals surface area contributed by atoms with Crippen LogP contribution in [-0.2, 0) is 4.74 Å². The summed E-state index contributed by atoms with van der Waals surface area (Å²) in [5.74, 6) is -0.0437. The second-order valence-corrected chi connectivity index (χ2v) is 5.47. The van der Waals surface area contributed by atoms with Crippen LogP contribution in [0.2, 0.25) is 0 Å². The van der Waals surface area contributed by atoms with Crippen molar-refractivity contribution in [1.82, 2.24) is 4.90 Å². The fraction of sp³-hybridized carbons (Fsp3) is 0.583. The first-order valence-corrected chi connectivity index (χ1v) is 7.25. The van der Waals surface area contributed by atoms with Gasteiger partial charge >= 0.3 is 0 Å². The first-order valence-electron chi connectivity index (χ1n) is 6.43. The maximum atomic E-state index is 11.3. The van der Waals surface area contributed by atoms with Crippen LogP contribution in [0.4, 0.5) is 10.7 Å². The molecule has 1 aliphatic heterocycles. The predicted octanol–water partition coefficient (Wildman–Crippen LogP) is 0.182. The maximum Gasteiger partial charge on any atom is 0.261 e. The van der Waals surface area contributed by atoms with Crippen molar-refractivity contribution < 1.29 is 14.3 Å². The maximum absolute atomic E-state index is 11.3. The zero-order valence-corrected chi connectivity index (χ0v) is 12.3. The lowest BCUT2D eigenvalue weighted by Crippen LogP contribution is -2.38. The molecule has 20 heavy (non-hydrogen) atoms. The number of nitrogens with zero attached hydrogens (tertiary/aromatic N) is 1. The summed E-state index contributed by atoms with van der Waals surface area (Å²) in [6, 6.07) is 0. The summed E-state index contributed by atoms with van der Waals surface area (Å²) in [7, 11) is 1.52. The van der Waals surface area contributed by atoms with Gasteiger partial charge in [-0.3, -0.25) is 9.69 Å². The second kappa shape index (κ2) is 6.78. The van der Waals surface area contributed by atoms with E-state index in [-0.39, 0.29) is 0 Å². The van der Waals surface area contributed by atoms with E-state index in [4.69, 9.17) is 20.9 Å². The molecule has 5 N–H and O–H groups in total. The molecule has 1 saturated heterocycles.